The highest BCUT2D eigenvalue weighted by Gasteiger charge is 2.24. The van der Waals surface area contributed by atoms with Gasteiger partial charge in [0.1, 0.15) is 5.75 Å². The van der Waals surface area contributed by atoms with Crippen LogP contribution in [0.1, 0.15) is 20.8 Å². The maximum absolute atomic E-state index is 11.9. The third-order valence-electron chi connectivity index (χ3n) is 2.31. The number of carbonyl (C=O) groups is 2. The number of hydrogen-bond acceptors (Lipinski definition) is 3. The maximum atomic E-state index is 11.9. The molecule has 19 heavy (non-hydrogen) atoms. The zero-order chi connectivity index (χ0) is 14.6. The van der Waals surface area contributed by atoms with Crippen LogP contribution in [0.4, 0.5) is 11.4 Å². The minimum Gasteiger partial charge on any atom is -0.495 e. The normalized spacial score (nSPS) is 10.8. The molecule has 104 valence electrons. The Bertz CT molecular complexity index is 495. The molecule has 1 aromatic rings. The van der Waals surface area contributed by atoms with E-state index >= 15 is 0 Å². The van der Waals surface area contributed by atoms with Crippen LogP contribution < -0.4 is 15.4 Å². The Hall–Kier alpha value is -1.56. The van der Waals surface area contributed by atoms with E-state index in [0.717, 1.165) is 0 Å². The molecule has 5 nitrogen and oxygen atoms in total. The van der Waals surface area contributed by atoms with E-state index in [1.165, 1.54) is 14.0 Å². The Morgan fingerprint density at radius 3 is 2.37 bits per heavy atom. The van der Waals surface area contributed by atoms with E-state index in [4.69, 9.17) is 4.74 Å². The Morgan fingerprint density at radius 2 is 1.89 bits per heavy atom. The van der Waals surface area contributed by atoms with Crippen LogP contribution in [-0.2, 0) is 9.59 Å². The summed E-state index contributed by atoms with van der Waals surface area (Å²) in [6.45, 7) is 4.91. The highest BCUT2D eigenvalue weighted by molar-refractivity contribution is 9.10. The molecule has 2 N–H and O–H groups in total. The molecule has 1 aromatic carbocycles. The third-order valence-corrected chi connectivity index (χ3v) is 2.67. The molecular formula is C13H17BrN2O3. The van der Waals surface area contributed by atoms with Crippen molar-refractivity contribution < 1.29 is 14.3 Å². The average molecular weight is 329 g/mol. The van der Waals surface area contributed by atoms with Gasteiger partial charge in [-0.3, -0.25) is 9.59 Å². The molecule has 0 unspecified atom stereocenters. The fraction of sp³-hybridized carbons (Fsp3) is 0.385. The zero-order valence-electron chi connectivity index (χ0n) is 11.3. The largest absolute Gasteiger partial charge is 0.495 e. The van der Waals surface area contributed by atoms with Gasteiger partial charge in [-0.2, -0.15) is 0 Å². The number of anilines is 2. The van der Waals surface area contributed by atoms with Gasteiger partial charge < -0.3 is 15.4 Å². The smallest absolute Gasteiger partial charge is 0.240 e. The first-order valence-electron chi connectivity index (χ1n) is 5.70. The molecular weight excluding hydrogens is 312 g/mol. The van der Waals surface area contributed by atoms with Gasteiger partial charge in [-0.15, -0.1) is 0 Å². The van der Waals surface area contributed by atoms with Gasteiger partial charge in [0.2, 0.25) is 11.8 Å². The van der Waals surface area contributed by atoms with Gasteiger partial charge in [0.05, 0.1) is 17.1 Å². The number of ether oxygens (including phenoxy) is 1. The van der Waals surface area contributed by atoms with Gasteiger partial charge in [-0.1, -0.05) is 15.9 Å². The minimum absolute atomic E-state index is 0.178. The molecule has 0 aromatic heterocycles. The van der Waals surface area contributed by atoms with E-state index in [1.54, 1.807) is 32.0 Å². The number of amides is 2. The molecule has 2 amide bonds. The van der Waals surface area contributed by atoms with E-state index in [-0.39, 0.29) is 11.8 Å². The maximum Gasteiger partial charge on any atom is 0.240 e. The van der Waals surface area contributed by atoms with Crippen molar-refractivity contribution in [3.63, 3.8) is 0 Å². The SMILES string of the molecule is COc1ccc(NC(C)=O)cc1NC(=O)C(C)(C)Br. The van der Waals surface area contributed by atoms with Crippen molar-refractivity contribution in [2.75, 3.05) is 17.7 Å². The lowest BCUT2D eigenvalue weighted by Gasteiger charge is -2.18. The molecule has 0 spiro atoms. The summed E-state index contributed by atoms with van der Waals surface area (Å²) >= 11 is 3.28. The molecule has 0 aliphatic rings. The van der Waals surface area contributed by atoms with Crippen molar-refractivity contribution in [3.8, 4) is 5.75 Å². The van der Waals surface area contributed by atoms with E-state index in [9.17, 15) is 9.59 Å². The summed E-state index contributed by atoms with van der Waals surface area (Å²) in [7, 11) is 1.52. The predicted molar refractivity (Wildman–Crippen MR) is 78.9 cm³/mol. The van der Waals surface area contributed by atoms with Gasteiger partial charge in [0.15, 0.2) is 0 Å². The Balaban J connectivity index is 3.02. The second-order valence-corrected chi connectivity index (χ2v) is 6.51. The van der Waals surface area contributed by atoms with Crippen LogP contribution in [0.25, 0.3) is 0 Å². The van der Waals surface area contributed by atoms with Crippen LogP contribution in [0.2, 0.25) is 0 Å². The molecule has 0 bridgehead atoms. The van der Waals surface area contributed by atoms with Crippen LogP contribution in [-0.4, -0.2) is 23.2 Å². The van der Waals surface area contributed by atoms with Crippen molar-refractivity contribution in [1.82, 2.24) is 0 Å². The summed E-state index contributed by atoms with van der Waals surface area (Å²) in [5.74, 6) is 0.147. The van der Waals surface area contributed by atoms with Gasteiger partial charge in [-0.25, -0.2) is 0 Å². The van der Waals surface area contributed by atoms with E-state index in [1.807, 2.05) is 0 Å². The fourth-order valence-electron chi connectivity index (χ4n) is 1.36. The summed E-state index contributed by atoms with van der Waals surface area (Å²) in [4.78, 5) is 23.0. The van der Waals surface area contributed by atoms with Crippen molar-refractivity contribution in [3.05, 3.63) is 18.2 Å². The Kier molecular flexibility index (Phi) is 4.94. The number of halogens is 1. The molecule has 0 saturated heterocycles. The highest BCUT2D eigenvalue weighted by Crippen LogP contribution is 2.29. The molecule has 1 rings (SSSR count). The second-order valence-electron chi connectivity index (χ2n) is 4.52. The topological polar surface area (TPSA) is 67.4 Å². The second kappa shape index (κ2) is 6.06. The lowest BCUT2D eigenvalue weighted by molar-refractivity contribution is -0.117. The fourth-order valence-corrected chi connectivity index (χ4v) is 1.46. The standard InChI is InChI=1S/C13H17BrN2O3/c1-8(17)15-9-5-6-11(19-4)10(7-9)16-12(18)13(2,3)14/h5-7H,1-4H3,(H,15,17)(H,16,18). The molecule has 0 heterocycles. The number of methoxy groups -OCH3 is 1. The third kappa shape index (κ3) is 4.55. The first-order valence-corrected chi connectivity index (χ1v) is 6.49. The zero-order valence-corrected chi connectivity index (χ0v) is 12.9. The van der Waals surface area contributed by atoms with Crippen LogP contribution in [0.15, 0.2) is 18.2 Å². The molecule has 0 aliphatic carbocycles. The van der Waals surface area contributed by atoms with E-state index in [2.05, 4.69) is 26.6 Å². The number of nitrogens with one attached hydrogen (secondary N) is 2. The van der Waals surface area contributed by atoms with Crippen molar-refractivity contribution in [2.45, 2.75) is 25.1 Å². The molecule has 0 atom stereocenters. The van der Waals surface area contributed by atoms with Gasteiger partial charge in [-0.05, 0) is 32.0 Å². The van der Waals surface area contributed by atoms with Crippen LogP contribution >= 0.6 is 15.9 Å². The summed E-state index contributed by atoms with van der Waals surface area (Å²) in [6, 6.07) is 5.04. The first kappa shape index (κ1) is 15.5. The quantitative estimate of drug-likeness (QED) is 0.835. The summed E-state index contributed by atoms with van der Waals surface area (Å²) < 4.78 is 4.48. The van der Waals surface area contributed by atoms with E-state index < -0.39 is 4.32 Å². The van der Waals surface area contributed by atoms with Crippen molar-refractivity contribution in [1.29, 1.82) is 0 Å². The molecule has 0 saturated carbocycles. The molecule has 0 aliphatic heterocycles. The van der Waals surface area contributed by atoms with Crippen LogP contribution in [0.5, 0.6) is 5.75 Å². The van der Waals surface area contributed by atoms with Crippen LogP contribution in [0, 0.1) is 0 Å². The predicted octanol–water partition coefficient (Wildman–Crippen LogP) is 2.77. The molecule has 6 heteroatoms. The number of alkyl halides is 1. The lowest BCUT2D eigenvalue weighted by Crippen LogP contribution is -2.31. The average Bonchev–Trinajstić information content (AvgIpc) is 2.27. The summed E-state index contributed by atoms with van der Waals surface area (Å²) in [6.07, 6.45) is 0. The Labute approximate surface area is 120 Å². The highest BCUT2D eigenvalue weighted by atomic mass is 79.9. The van der Waals surface area contributed by atoms with Crippen molar-refractivity contribution in [2.24, 2.45) is 0 Å². The number of carbonyl (C=O) groups excluding carboxylic acids is 2. The number of hydrogen-bond donors (Lipinski definition) is 2. The summed E-state index contributed by atoms with van der Waals surface area (Å²) in [5.41, 5.74) is 1.10. The van der Waals surface area contributed by atoms with Gasteiger partial charge >= 0.3 is 0 Å². The minimum atomic E-state index is -0.692. The summed E-state index contributed by atoms with van der Waals surface area (Å²) in [5, 5.41) is 5.40. The number of rotatable bonds is 4. The van der Waals surface area contributed by atoms with E-state index in [0.29, 0.717) is 17.1 Å². The van der Waals surface area contributed by atoms with Crippen LogP contribution in [0.3, 0.4) is 0 Å². The van der Waals surface area contributed by atoms with Crippen molar-refractivity contribution >= 4 is 39.1 Å². The molecule has 0 fully saturated rings. The first-order chi connectivity index (χ1) is 8.74. The lowest BCUT2D eigenvalue weighted by atomic mass is 10.2. The van der Waals surface area contributed by atoms with Gasteiger partial charge in [0, 0.05) is 12.6 Å². The molecule has 0 radical (unpaired) electrons. The van der Waals surface area contributed by atoms with Gasteiger partial charge in [0.25, 0.3) is 0 Å². The number of benzene rings is 1. The Morgan fingerprint density at radius 1 is 1.26 bits per heavy atom. The monoisotopic (exact) mass is 328 g/mol.